The van der Waals surface area contributed by atoms with E-state index in [1.807, 2.05) is 13.8 Å². The van der Waals surface area contributed by atoms with E-state index in [-0.39, 0.29) is 36.3 Å². The Kier molecular flexibility index (Phi) is 6.49. The highest BCUT2D eigenvalue weighted by Gasteiger charge is 2.27. The summed E-state index contributed by atoms with van der Waals surface area (Å²) in [6.07, 6.45) is 1.36. The van der Waals surface area contributed by atoms with Gasteiger partial charge in [-0.2, -0.15) is 4.31 Å². The third kappa shape index (κ3) is 4.92. The quantitative estimate of drug-likeness (QED) is 0.539. The van der Waals surface area contributed by atoms with E-state index >= 15 is 0 Å². The molecular weight excluding hydrogens is 450 g/mol. The number of hydrogen-bond donors (Lipinski definition) is 1. The summed E-state index contributed by atoms with van der Waals surface area (Å²) in [7, 11) is -3.77. The molecule has 0 bridgehead atoms. The SMILES string of the molecule is CC(C)Oc1ccc(S(=O)(=O)N2CCOCC2)cc1NC(=O)Cn1nc2ccccn2c1=O. The highest BCUT2D eigenvalue weighted by Crippen LogP contribution is 2.30. The van der Waals surface area contributed by atoms with Crippen LogP contribution in [0.5, 0.6) is 5.75 Å². The third-order valence-electron chi connectivity index (χ3n) is 4.98. The summed E-state index contributed by atoms with van der Waals surface area (Å²) in [6.45, 7) is 4.45. The number of anilines is 1. The topological polar surface area (TPSA) is 124 Å². The van der Waals surface area contributed by atoms with Crippen LogP contribution in [0.2, 0.25) is 0 Å². The molecule has 0 unspecified atom stereocenters. The van der Waals surface area contributed by atoms with Crippen LogP contribution in [0.15, 0.2) is 52.3 Å². The van der Waals surface area contributed by atoms with Crippen LogP contribution in [-0.2, 0) is 26.1 Å². The smallest absolute Gasteiger partial charge is 0.350 e. The summed E-state index contributed by atoms with van der Waals surface area (Å²) in [5.74, 6) is -0.225. The van der Waals surface area contributed by atoms with E-state index in [4.69, 9.17) is 9.47 Å². The number of fused-ring (bicyclic) bond motifs is 1. The van der Waals surface area contributed by atoms with E-state index in [9.17, 15) is 18.0 Å². The van der Waals surface area contributed by atoms with Gasteiger partial charge in [0.25, 0.3) is 0 Å². The van der Waals surface area contributed by atoms with Crippen molar-refractivity contribution in [1.82, 2.24) is 18.5 Å². The summed E-state index contributed by atoms with van der Waals surface area (Å²) in [4.78, 5) is 25.2. The maximum absolute atomic E-state index is 13.1. The molecule has 176 valence electrons. The average Bonchev–Trinajstić information content (AvgIpc) is 3.10. The minimum absolute atomic E-state index is 0.0284. The Bertz CT molecular complexity index is 1320. The second-order valence-corrected chi connectivity index (χ2v) is 9.70. The van der Waals surface area contributed by atoms with Crippen LogP contribution in [0.4, 0.5) is 5.69 Å². The summed E-state index contributed by atoms with van der Waals surface area (Å²) in [5, 5.41) is 6.81. The van der Waals surface area contributed by atoms with Crippen LogP contribution >= 0.6 is 0 Å². The van der Waals surface area contributed by atoms with E-state index in [1.165, 1.54) is 26.9 Å². The van der Waals surface area contributed by atoms with Crippen molar-refractivity contribution in [2.24, 2.45) is 0 Å². The predicted octanol–water partition coefficient (Wildman–Crippen LogP) is 0.943. The number of carbonyl (C=O) groups excluding carboxylic acids is 1. The average molecular weight is 476 g/mol. The number of aromatic nitrogens is 3. The number of morpholine rings is 1. The lowest BCUT2D eigenvalue weighted by Gasteiger charge is -2.26. The Morgan fingerprint density at radius 3 is 2.67 bits per heavy atom. The van der Waals surface area contributed by atoms with Crippen molar-refractivity contribution in [3.8, 4) is 5.75 Å². The molecule has 11 nitrogen and oxygen atoms in total. The maximum Gasteiger partial charge on any atom is 0.350 e. The second-order valence-electron chi connectivity index (χ2n) is 7.76. The predicted molar refractivity (Wildman–Crippen MR) is 120 cm³/mol. The molecule has 0 aliphatic carbocycles. The molecule has 12 heteroatoms. The van der Waals surface area contributed by atoms with Gasteiger partial charge in [0.15, 0.2) is 5.65 Å². The van der Waals surface area contributed by atoms with Gasteiger partial charge in [0.2, 0.25) is 15.9 Å². The van der Waals surface area contributed by atoms with Gasteiger partial charge in [0.1, 0.15) is 12.3 Å². The van der Waals surface area contributed by atoms with Gasteiger partial charge in [0, 0.05) is 19.3 Å². The van der Waals surface area contributed by atoms with Gasteiger partial charge in [0.05, 0.1) is 29.9 Å². The lowest BCUT2D eigenvalue weighted by molar-refractivity contribution is -0.117. The van der Waals surface area contributed by atoms with Crippen molar-refractivity contribution in [3.05, 3.63) is 53.1 Å². The van der Waals surface area contributed by atoms with Gasteiger partial charge in [-0.3, -0.25) is 9.20 Å². The Hall–Kier alpha value is -3.22. The molecule has 1 aliphatic rings. The first-order chi connectivity index (χ1) is 15.8. The van der Waals surface area contributed by atoms with E-state index in [1.54, 1.807) is 24.4 Å². The maximum atomic E-state index is 13.1. The summed E-state index contributed by atoms with van der Waals surface area (Å²) < 4.78 is 40.8. The lowest BCUT2D eigenvalue weighted by Crippen LogP contribution is -2.40. The highest BCUT2D eigenvalue weighted by molar-refractivity contribution is 7.89. The minimum Gasteiger partial charge on any atom is -0.489 e. The van der Waals surface area contributed by atoms with Crippen molar-refractivity contribution in [2.45, 2.75) is 31.4 Å². The number of ether oxygens (including phenoxy) is 2. The van der Waals surface area contributed by atoms with Crippen LogP contribution in [0.1, 0.15) is 13.8 Å². The molecule has 2 aromatic heterocycles. The van der Waals surface area contributed by atoms with Crippen LogP contribution < -0.4 is 15.7 Å². The van der Waals surface area contributed by atoms with Gasteiger partial charge in [-0.1, -0.05) is 6.07 Å². The van der Waals surface area contributed by atoms with E-state index in [0.29, 0.717) is 24.6 Å². The zero-order valence-electron chi connectivity index (χ0n) is 18.3. The second kappa shape index (κ2) is 9.33. The highest BCUT2D eigenvalue weighted by atomic mass is 32.2. The van der Waals surface area contributed by atoms with Crippen LogP contribution in [0.25, 0.3) is 5.65 Å². The molecule has 1 aliphatic heterocycles. The minimum atomic E-state index is -3.77. The molecule has 1 fully saturated rings. The number of pyridine rings is 1. The Balaban J connectivity index is 1.61. The van der Waals surface area contributed by atoms with Gasteiger partial charge in [-0.25, -0.2) is 17.9 Å². The van der Waals surface area contributed by atoms with Gasteiger partial charge in [-0.05, 0) is 44.2 Å². The van der Waals surface area contributed by atoms with E-state index < -0.39 is 21.6 Å². The Morgan fingerprint density at radius 2 is 1.97 bits per heavy atom. The lowest BCUT2D eigenvalue weighted by atomic mass is 10.2. The van der Waals surface area contributed by atoms with Gasteiger partial charge >= 0.3 is 5.69 Å². The first-order valence-corrected chi connectivity index (χ1v) is 11.9. The van der Waals surface area contributed by atoms with Crippen molar-refractivity contribution < 1.29 is 22.7 Å². The van der Waals surface area contributed by atoms with E-state index in [0.717, 1.165) is 4.68 Å². The molecule has 1 aromatic carbocycles. The van der Waals surface area contributed by atoms with Crippen molar-refractivity contribution >= 4 is 27.3 Å². The van der Waals surface area contributed by atoms with Crippen LogP contribution in [0.3, 0.4) is 0 Å². The van der Waals surface area contributed by atoms with Crippen molar-refractivity contribution in [3.63, 3.8) is 0 Å². The van der Waals surface area contributed by atoms with Gasteiger partial charge in [-0.15, -0.1) is 5.10 Å². The molecule has 3 aromatic rings. The number of carbonyl (C=O) groups is 1. The molecule has 0 spiro atoms. The number of nitrogens with zero attached hydrogens (tertiary/aromatic N) is 4. The molecule has 1 saturated heterocycles. The normalized spacial score (nSPS) is 15.1. The molecule has 1 N–H and O–H groups in total. The fourth-order valence-electron chi connectivity index (χ4n) is 3.46. The largest absolute Gasteiger partial charge is 0.489 e. The molecular formula is C21H25N5O6S. The Labute approximate surface area is 190 Å². The van der Waals surface area contributed by atoms with Gasteiger partial charge < -0.3 is 14.8 Å². The van der Waals surface area contributed by atoms with E-state index in [2.05, 4.69) is 10.4 Å². The molecule has 0 radical (unpaired) electrons. The Morgan fingerprint density at radius 1 is 1.21 bits per heavy atom. The molecule has 4 rings (SSSR count). The standard InChI is InChI=1S/C21H25N5O6S/c1-15(2)32-18-7-6-16(33(29,30)24-9-11-31-12-10-24)13-17(18)22-20(27)14-26-21(28)25-8-4-3-5-19(25)23-26/h3-8,13,15H,9-12,14H2,1-2H3,(H,22,27). The van der Waals surface area contributed by atoms with Crippen molar-refractivity contribution in [1.29, 1.82) is 0 Å². The first-order valence-electron chi connectivity index (χ1n) is 10.5. The van der Waals surface area contributed by atoms with Crippen LogP contribution in [-0.4, -0.2) is 65.2 Å². The third-order valence-corrected chi connectivity index (χ3v) is 6.87. The number of nitrogens with one attached hydrogen (secondary N) is 1. The molecule has 33 heavy (non-hydrogen) atoms. The molecule has 0 saturated carbocycles. The molecule has 1 amide bonds. The first kappa shape index (κ1) is 23.0. The van der Waals surface area contributed by atoms with Crippen LogP contribution in [0, 0.1) is 0 Å². The molecule has 3 heterocycles. The van der Waals surface area contributed by atoms with Crippen molar-refractivity contribution in [2.75, 3.05) is 31.6 Å². The summed E-state index contributed by atoms with van der Waals surface area (Å²) in [6, 6.07) is 9.42. The fourth-order valence-corrected chi connectivity index (χ4v) is 4.89. The number of sulfonamides is 1. The summed E-state index contributed by atoms with van der Waals surface area (Å²) >= 11 is 0. The number of benzene rings is 1. The monoisotopic (exact) mass is 475 g/mol. The number of rotatable bonds is 7. The number of amides is 1. The fraction of sp³-hybridized carbons (Fsp3) is 0.381. The number of hydrogen-bond acceptors (Lipinski definition) is 7. The molecule has 0 atom stereocenters. The zero-order valence-corrected chi connectivity index (χ0v) is 19.1. The zero-order chi connectivity index (χ0) is 23.6. The summed E-state index contributed by atoms with van der Waals surface area (Å²) in [5.41, 5.74) is 0.153.